The van der Waals surface area contributed by atoms with Crippen molar-refractivity contribution >= 4 is 35.1 Å². The number of anilines is 1. The molecule has 0 radical (unpaired) electrons. The molecule has 2 aromatic carbocycles. The van der Waals surface area contributed by atoms with Crippen molar-refractivity contribution in [2.75, 3.05) is 5.32 Å². The molecule has 1 heterocycles. The van der Waals surface area contributed by atoms with Gasteiger partial charge >= 0.3 is 0 Å². The number of rotatable bonds is 4. The number of benzene rings is 2. The molecule has 0 aliphatic heterocycles. The highest BCUT2D eigenvalue weighted by atomic mass is 35.5. The van der Waals surface area contributed by atoms with Gasteiger partial charge in [0.15, 0.2) is 0 Å². The molecule has 0 aliphatic carbocycles. The van der Waals surface area contributed by atoms with Crippen molar-refractivity contribution in [3.05, 3.63) is 75.2 Å². The second-order valence-corrected chi connectivity index (χ2v) is 6.20. The third-order valence-electron chi connectivity index (χ3n) is 3.69. The predicted octanol–water partition coefficient (Wildman–Crippen LogP) is 3.84. The summed E-state index contributed by atoms with van der Waals surface area (Å²) < 4.78 is 1.43. The number of aromatic nitrogens is 2. The number of carbonyl (C=O) groups excluding carboxylic acids is 1. The van der Waals surface area contributed by atoms with Crippen LogP contribution in [0.3, 0.4) is 0 Å². The molecule has 0 saturated carbocycles. The van der Waals surface area contributed by atoms with Crippen LogP contribution in [0.1, 0.15) is 18.2 Å². The van der Waals surface area contributed by atoms with E-state index in [4.69, 9.17) is 11.6 Å². The van der Waals surface area contributed by atoms with Gasteiger partial charge in [-0.2, -0.15) is 0 Å². The van der Waals surface area contributed by atoms with Gasteiger partial charge in [-0.1, -0.05) is 23.7 Å². The summed E-state index contributed by atoms with van der Waals surface area (Å²) in [5.41, 5.74) is 2.86. The number of aromatic amines is 1. The van der Waals surface area contributed by atoms with Crippen molar-refractivity contribution in [1.29, 1.82) is 0 Å². The lowest BCUT2D eigenvalue weighted by Crippen LogP contribution is -2.17. The van der Waals surface area contributed by atoms with E-state index in [-0.39, 0.29) is 11.5 Å². The van der Waals surface area contributed by atoms with E-state index in [1.54, 1.807) is 55.5 Å². The van der Waals surface area contributed by atoms with Crippen LogP contribution in [0.4, 0.5) is 11.4 Å². The standard InChI is InChI=1S/C19H17ClN4O2/c1-12-18(11-21-15-6-4-7-16(10-15)22-13(2)25)19(26)24(23-12)17-8-3-5-14(20)9-17/h3-11,23H,1-2H3,(H,22,25). The van der Waals surface area contributed by atoms with Gasteiger partial charge in [0.2, 0.25) is 5.91 Å². The smallest absolute Gasteiger partial charge is 0.280 e. The Labute approximate surface area is 155 Å². The first-order valence-electron chi connectivity index (χ1n) is 7.93. The first-order chi connectivity index (χ1) is 12.4. The minimum absolute atomic E-state index is 0.156. The fourth-order valence-corrected chi connectivity index (χ4v) is 2.70. The van der Waals surface area contributed by atoms with Gasteiger partial charge in [0.25, 0.3) is 5.56 Å². The second kappa shape index (κ2) is 7.41. The van der Waals surface area contributed by atoms with E-state index in [0.29, 0.717) is 33.3 Å². The largest absolute Gasteiger partial charge is 0.326 e. The lowest BCUT2D eigenvalue weighted by Gasteiger charge is -2.02. The van der Waals surface area contributed by atoms with Crippen molar-refractivity contribution in [2.45, 2.75) is 13.8 Å². The summed E-state index contributed by atoms with van der Waals surface area (Å²) in [4.78, 5) is 28.2. The Bertz CT molecular complexity index is 1050. The minimum Gasteiger partial charge on any atom is -0.326 e. The zero-order chi connectivity index (χ0) is 18.7. The van der Waals surface area contributed by atoms with Crippen molar-refractivity contribution in [3.8, 4) is 5.69 Å². The number of hydrogen-bond donors (Lipinski definition) is 2. The number of nitrogens with zero attached hydrogens (tertiary/aromatic N) is 2. The molecule has 0 aliphatic rings. The first-order valence-corrected chi connectivity index (χ1v) is 8.31. The van der Waals surface area contributed by atoms with Crippen molar-refractivity contribution in [1.82, 2.24) is 9.78 Å². The number of carbonyl (C=O) groups is 1. The Hall–Kier alpha value is -3.12. The molecule has 2 N–H and O–H groups in total. The molecule has 6 nitrogen and oxygen atoms in total. The number of hydrogen-bond acceptors (Lipinski definition) is 3. The molecule has 7 heteroatoms. The molecule has 0 unspecified atom stereocenters. The normalized spacial score (nSPS) is 11.0. The lowest BCUT2D eigenvalue weighted by molar-refractivity contribution is -0.114. The molecule has 3 rings (SSSR count). The van der Waals surface area contributed by atoms with Gasteiger partial charge in [-0.05, 0) is 43.3 Å². The summed E-state index contributed by atoms with van der Waals surface area (Å²) >= 11 is 6.00. The van der Waals surface area contributed by atoms with Crippen LogP contribution in [-0.2, 0) is 4.79 Å². The van der Waals surface area contributed by atoms with E-state index in [1.807, 2.05) is 0 Å². The maximum absolute atomic E-state index is 12.7. The monoisotopic (exact) mass is 368 g/mol. The van der Waals surface area contributed by atoms with Gasteiger partial charge in [0.1, 0.15) is 0 Å². The van der Waals surface area contributed by atoms with Gasteiger partial charge < -0.3 is 5.32 Å². The number of amides is 1. The summed E-state index contributed by atoms with van der Waals surface area (Å²) in [6.45, 7) is 3.24. The van der Waals surface area contributed by atoms with Crippen molar-refractivity contribution < 1.29 is 4.79 Å². The molecule has 0 fully saturated rings. The summed E-state index contributed by atoms with van der Waals surface area (Å²) in [6, 6.07) is 14.1. The number of halogens is 1. The van der Waals surface area contributed by atoms with E-state index < -0.39 is 0 Å². The van der Waals surface area contributed by atoms with Crippen LogP contribution in [0, 0.1) is 6.92 Å². The number of aryl methyl sites for hydroxylation is 1. The van der Waals surface area contributed by atoms with Crippen LogP contribution in [-0.4, -0.2) is 21.9 Å². The van der Waals surface area contributed by atoms with Gasteiger partial charge in [-0.3, -0.25) is 19.7 Å². The molecule has 26 heavy (non-hydrogen) atoms. The summed E-state index contributed by atoms with van der Waals surface area (Å²) in [5, 5.41) is 6.27. The SMILES string of the molecule is CC(=O)Nc1cccc(N=Cc2c(C)[nH]n(-c3cccc(Cl)c3)c2=O)c1. The molecule has 0 bridgehead atoms. The average Bonchev–Trinajstić information content (AvgIpc) is 2.87. The minimum atomic E-state index is -0.216. The lowest BCUT2D eigenvalue weighted by atomic mass is 10.2. The van der Waals surface area contributed by atoms with Gasteiger partial charge in [0.05, 0.1) is 16.9 Å². The third-order valence-corrected chi connectivity index (χ3v) is 3.93. The maximum atomic E-state index is 12.7. The van der Waals surface area contributed by atoms with E-state index >= 15 is 0 Å². The zero-order valence-corrected chi connectivity index (χ0v) is 15.0. The van der Waals surface area contributed by atoms with Gasteiger partial charge in [0, 0.05) is 29.5 Å². The third kappa shape index (κ3) is 3.92. The van der Waals surface area contributed by atoms with Gasteiger partial charge in [-0.15, -0.1) is 0 Å². The van der Waals surface area contributed by atoms with E-state index in [9.17, 15) is 9.59 Å². The Morgan fingerprint density at radius 2 is 2.00 bits per heavy atom. The Kier molecular flexibility index (Phi) is 5.04. The number of aliphatic imine (C=N–C) groups is 1. The van der Waals surface area contributed by atoms with Crippen LogP contribution >= 0.6 is 11.6 Å². The Morgan fingerprint density at radius 3 is 2.73 bits per heavy atom. The highest BCUT2D eigenvalue weighted by Crippen LogP contribution is 2.18. The molecule has 0 saturated heterocycles. The molecule has 1 amide bonds. The van der Waals surface area contributed by atoms with Crippen LogP contribution in [0.2, 0.25) is 5.02 Å². The Morgan fingerprint density at radius 1 is 1.23 bits per heavy atom. The molecular formula is C19H17ClN4O2. The summed E-state index contributed by atoms with van der Waals surface area (Å²) in [5.74, 6) is -0.156. The van der Waals surface area contributed by atoms with Gasteiger partial charge in [-0.25, -0.2) is 4.68 Å². The zero-order valence-electron chi connectivity index (χ0n) is 14.3. The molecular weight excluding hydrogens is 352 g/mol. The fourth-order valence-electron chi connectivity index (χ4n) is 2.51. The van der Waals surface area contributed by atoms with Crippen LogP contribution in [0.15, 0.2) is 58.3 Å². The predicted molar refractivity (Wildman–Crippen MR) is 104 cm³/mol. The van der Waals surface area contributed by atoms with Crippen LogP contribution in [0.5, 0.6) is 0 Å². The van der Waals surface area contributed by atoms with Crippen LogP contribution in [0.25, 0.3) is 5.69 Å². The second-order valence-electron chi connectivity index (χ2n) is 5.76. The molecule has 0 atom stereocenters. The van der Waals surface area contributed by atoms with E-state index in [0.717, 1.165) is 0 Å². The highest BCUT2D eigenvalue weighted by molar-refractivity contribution is 6.30. The molecule has 0 spiro atoms. The topological polar surface area (TPSA) is 79.2 Å². The molecule has 132 valence electrons. The number of nitrogens with one attached hydrogen (secondary N) is 2. The summed E-state index contributed by atoms with van der Waals surface area (Å²) in [6.07, 6.45) is 1.52. The van der Waals surface area contributed by atoms with E-state index in [1.165, 1.54) is 17.8 Å². The van der Waals surface area contributed by atoms with Crippen LogP contribution < -0.4 is 10.9 Å². The highest BCUT2D eigenvalue weighted by Gasteiger charge is 2.11. The maximum Gasteiger partial charge on any atom is 0.280 e. The van der Waals surface area contributed by atoms with Crippen molar-refractivity contribution in [2.24, 2.45) is 4.99 Å². The van der Waals surface area contributed by atoms with Crippen molar-refractivity contribution in [3.63, 3.8) is 0 Å². The molecule has 1 aromatic heterocycles. The number of H-pyrrole nitrogens is 1. The first kappa shape index (κ1) is 17.7. The average molecular weight is 369 g/mol. The molecule has 3 aromatic rings. The summed E-state index contributed by atoms with van der Waals surface area (Å²) in [7, 11) is 0. The quantitative estimate of drug-likeness (QED) is 0.686. The van der Waals surface area contributed by atoms with E-state index in [2.05, 4.69) is 15.4 Å². The Balaban J connectivity index is 1.93. The fraction of sp³-hybridized carbons (Fsp3) is 0.105.